The maximum absolute atomic E-state index is 13.8. The average molecular weight is 394 g/mol. The van der Waals surface area contributed by atoms with Gasteiger partial charge in [0.15, 0.2) is 0 Å². The molecule has 1 N–H and O–H groups in total. The third kappa shape index (κ3) is 4.71. The van der Waals surface area contributed by atoms with Crippen LogP contribution in [0.2, 0.25) is 0 Å². The first-order chi connectivity index (χ1) is 14.1. The lowest BCUT2D eigenvalue weighted by atomic mass is 9.75. The minimum atomic E-state index is -0.169. The van der Waals surface area contributed by atoms with Crippen LogP contribution in [-0.2, 0) is 17.6 Å². The van der Waals surface area contributed by atoms with E-state index in [-0.39, 0.29) is 29.6 Å². The number of aryl methyl sites for hydroxylation is 1. The van der Waals surface area contributed by atoms with Crippen molar-refractivity contribution < 1.29 is 9.18 Å². The van der Waals surface area contributed by atoms with Crippen LogP contribution >= 0.6 is 0 Å². The molecule has 2 aromatic rings. The first-order valence-electron chi connectivity index (χ1n) is 11.3. The molecule has 0 saturated heterocycles. The Hall–Kier alpha value is -2.16. The van der Waals surface area contributed by atoms with Gasteiger partial charge >= 0.3 is 0 Å². The van der Waals surface area contributed by atoms with Crippen molar-refractivity contribution in [2.45, 2.75) is 70.3 Å². The van der Waals surface area contributed by atoms with E-state index >= 15 is 0 Å². The molecule has 1 saturated carbocycles. The third-order valence-electron chi connectivity index (χ3n) is 7.14. The fourth-order valence-corrected chi connectivity index (χ4v) is 5.31. The maximum Gasteiger partial charge on any atom is 0.223 e. The zero-order valence-corrected chi connectivity index (χ0v) is 17.4. The van der Waals surface area contributed by atoms with Crippen molar-refractivity contribution in [2.24, 2.45) is 11.8 Å². The van der Waals surface area contributed by atoms with Crippen LogP contribution in [0.5, 0.6) is 0 Å². The SMILES string of the molecule is CCC1CCC(C(=O)NC2CCc3cc(F)ccc3C2Cc2ccccc2)CC1. The summed E-state index contributed by atoms with van der Waals surface area (Å²) in [5.41, 5.74) is 3.55. The highest BCUT2D eigenvalue weighted by Crippen LogP contribution is 2.36. The van der Waals surface area contributed by atoms with Crippen LogP contribution in [0.25, 0.3) is 0 Å². The molecule has 2 atom stereocenters. The van der Waals surface area contributed by atoms with Crippen LogP contribution in [0.4, 0.5) is 4.39 Å². The summed E-state index contributed by atoms with van der Waals surface area (Å²) in [6, 6.07) is 15.7. The lowest BCUT2D eigenvalue weighted by Crippen LogP contribution is -2.45. The van der Waals surface area contributed by atoms with Gasteiger partial charge in [0.05, 0.1) is 0 Å². The third-order valence-corrected chi connectivity index (χ3v) is 7.14. The second-order valence-corrected chi connectivity index (χ2v) is 8.92. The van der Waals surface area contributed by atoms with Crippen molar-refractivity contribution in [2.75, 3.05) is 0 Å². The molecule has 0 radical (unpaired) electrons. The standard InChI is InChI=1S/C26H32FNO/c1-2-18-8-10-20(11-9-18)26(29)28-25-15-12-21-17-22(27)13-14-23(21)24(25)16-19-6-4-3-5-7-19/h3-7,13-14,17-18,20,24-25H,2,8-12,15-16H2,1H3,(H,28,29). The smallest absolute Gasteiger partial charge is 0.223 e. The van der Waals surface area contributed by atoms with Crippen molar-refractivity contribution in [3.8, 4) is 0 Å². The van der Waals surface area contributed by atoms with Gasteiger partial charge in [-0.15, -0.1) is 0 Å². The Morgan fingerprint density at radius 1 is 1.03 bits per heavy atom. The van der Waals surface area contributed by atoms with Gasteiger partial charge in [0.25, 0.3) is 0 Å². The van der Waals surface area contributed by atoms with E-state index in [0.29, 0.717) is 0 Å². The van der Waals surface area contributed by atoms with Gasteiger partial charge in [-0.3, -0.25) is 4.79 Å². The number of nitrogens with one attached hydrogen (secondary N) is 1. The number of carbonyl (C=O) groups excluding carboxylic acids is 1. The molecule has 29 heavy (non-hydrogen) atoms. The Labute approximate surface area is 173 Å². The first kappa shape index (κ1) is 20.1. The van der Waals surface area contributed by atoms with Crippen molar-refractivity contribution in [3.63, 3.8) is 0 Å². The zero-order chi connectivity index (χ0) is 20.2. The second-order valence-electron chi connectivity index (χ2n) is 8.92. The second kappa shape index (κ2) is 9.11. The lowest BCUT2D eigenvalue weighted by molar-refractivity contribution is -0.127. The highest BCUT2D eigenvalue weighted by atomic mass is 19.1. The molecule has 1 fully saturated rings. The van der Waals surface area contributed by atoms with Gasteiger partial charge in [-0.05, 0) is 79.7 Å². The van der Waals surface area contributed by atoms with Crippen LogP contribution < -0.4 is 5.32 Å². The van der Waals surface area contributed by atoms with Crippen molar-refractivity contribution in [1.82, 2.24) is 5.32 Å². The fourth-order valence-electron chi connectivity index (χ4n) is 5.31. The lowest BCUT2D eigenvalue weighted by Gasteiger charge is -2.36. The number of rotatable bonds is 5. The number of halogens is 1. The van der Waals surface area contributed by atoms with Gasteiger partial charge in [-0.2, -0.15) is 0 Å². The molecule has 4 rings (SSSR count). The van der Waals surface area contributed by atoms with Crippen molar-refractivity contribution in [3.05, 3.63) is 71.0 Å². The predicted octanol–water partition coefficient (Wildman–Crippen LogP) is 5.80. The predicted molar refractivity (Wildman–Crippen MR) is 115 cm³/mol. The molecule has 0 aliphatic heterocycles. The Morgan fingerprint density at radius 2 is 1.79 bits per heavy atom. The summed E-state index contributed by atoms with van der Waals surface area (Å²) in [5, 5.41) is 3.41. The van der Waals surface area contributed by atoms with E-state index in [0.717, 1.165) is 43.6 Å². The Balaban J connectivity index is 1.51. The molecule has 2 aromatic carbocycles. The molecule has 0 bridgehead atoms. The molecule has 2 aliphatic carbocycles. The van der Waals surface area contributed by atoms with Crippen LogP contribution in [0.1, 0.15) is 68.1 Å². The summed E-state index contributed by atoms with van der Waals surface area (Å²) in [5.74, 6) is 1.20. The van der Waals surface area contributed by atoms with E-state index in [9.17, 15) is 9.18 Å². The summed E-state index contributed by atoms with van der Waals surface area (Å²) < 4.78 is 13.8. The number of fused-ring (bicyclic) bond motifs is 1. The fraction of sp³-hybridized carbons (Fsp3) is 0.500. The van der Waals surface area contributed by atoms with Gasteiger partial charge in [-0.25, -0.2) is 4.39 Å². The summed E-state index contributed by atoms with van der Waals surface area (Å²) in [7, 11) is 0. The van der Waals surface area contributed by atoms with E-state index in [1.165, 1.54) is 30.4 Å². The van der Waals surface area contributed by atoms with E-state index in [1.807, 2.05) is 12.1 Å². The van der Waals surface area contributed by atoms with Crippen LogP contribution in [0.15, 0.2) is 48.5 Å². The number of hydrogen-bond acceptors (Lipinski definition) is 1. The normalized spacial score (nSPS) is 26.6. The van der Waals surface area contributed by atoms with Crippen molar-refractivity contribution >= 4 is 5.91 Å². The van der Waals surface area contributed by atoms with E-state index in [1.54, 1.807) is 12.1 Å². The monoisotopic (exact) mass is 393 g/mol. The number of hydrogen-bond donors (Lipinski definition) is 1. The molecular formula is C26H32FNO. The quantitative estimate of drug-likeness (QED) is 0.683. The molecule has 1 amide bonds. The highest BCUT2D eigenvalue weighted by Gasteiger charge is 2.33. The van der Waals surface area contributed by atoms with Crippen LogP contribution in [0, 0.1) is 17.7 Å². The largest absolute Gasteiger partial charge is 0.352 e. The van der Waals surface area contributed by atoms with E-state index in [2.05, 4.69) is 36.5 Å². The maximum atomic E-state index is 13.8. The summed E-state index contributed by atoms with van der Waals surface area (Å²) in [6.45, 7) is 2.25. The van der Waals surface area contributed by atoms with E-state index in [4.69, 9.17) is 0 Å². The van der Waals surface area contributed by atoms with E-state index < -0.39 is 0 Å². The summed E-state index contributed by atoms with van der Waals surface area (Å²) in [6.07, 6.45) is 8.18. The minimum absolute atomic E-state index is 0.115. The average Bonchev–Trinajstić information content (AvgIpc) is 2.76. The van der Waals surface area contributed by atoms with Gasteiger partial charge in [0.2, 0.25) is 5.91 Å². The zero-order valence-electron chi connectivity index (χ0n) is 17.4. The molecule has 2 aliphatic rings. The van der Waals surface area contributed by atoms with Crippen LogP contribution in [-0.4, -0.2) is 11.9 Å². The molecule has 0 heterocycles. The summed E-state index contributed by atoms with van der Waals surface area (Å²) >= 11 is 0. The molecule has 0 spiro atoms. The molecule has 3 heteroatoms. The molecule has 0 aromatic heterocycles. The first-order valence-corrected chi connectivity index (χ1v) is 11.3. The Morgan fingerprint density at radius 3 is 2.52 bits per heavy atom. The number of benzene rings is 2. The van der Waals surface area contributed by atoms with Gasteiger partial charge < -0.3 is 5.32 Å². The Kier molecular flexibility index (Phi) is 6.32. The molecule has 154 valence electrons. The van der Waals surface area contributed by atoms with Crippen molar-refractivity contribution in [1.29, 1.82) is 0 Å². The Bertz CT molecular complexity index is 826. The number of amides is 1. The summed E-state index contributed by atoms with van der Waals surface area (Å²) in [4.78, 5) is 13.1. The minimum Gasteiger partial charge on any atom is -0.352 e. The molecule has 2 nitrogen and oxygen atoms in total. The van der Waals surface area contributed by atoms with Gasteiger partial charge in [0.1, 0.15) is 5.82 Å². The van der Waals surface area contributed by atoms with Gasteiger partial charge in [-0.1, -0.05) is 49.7 Å². The van der Waals surface area contributed by atoms with Crippen LogP contribution in [0.3, 0.4) is 0 Å². The molecule has 2 unspecified atom stereocenters. The molecular weight excluding hydrogens is 361 g/mol. The van der Waals surface area contributed by atoms with Gasteiger partial charge in [0, 0.05) is 17.9 Å². The number of carbonyl (C=O) groups is 1. The highest BCUT2D eigenvalue weighted by molar-refractivity contribution is 5.79. The topological polar surface area (TPSA) is 29.1 Å².